The van der Waals surface area contributed by atoms with E-state index < -0.39 is 0 Å². The molecule has 0 radical (unpaired) electrons. The van der Waals surface area contributed by atoms with Crippen LogP contribution < -0.4 is 0 Å². The molecule has 0 spiro atoms. The number of nitrogens with zero attached hydrogens (tertiary/aromatic N) is 1. The number of Topliss-reactive ketones (excluding diaryl/α,β-unsaturated/α-hetero) is 1. The van der Waals surface area contributed by atoms with Crippen LogP contribution in [-0.2, 0) is 14.3 Å². The Labute approximate surface area is 108 Å². The minimum Gasteiger partial charge on any atom is -0.466 e. The van der Waals surface area contributed by atoms with E-state index in [0.717, 1.165) is 25.9 Å². The van der Waals surface area contributed by atoms with Gasteiger partial charge in [-0.2, -0.15) is 0 Å². The highest BCUT2D eigenvalue weighted by atomic mass is 16.5. The van der Waals surface area contributed by atoms with Crippen molar-refractivity contribution in [1.29, 1.82) is 0 Å². The van der Waals surface area contributed by atoms with Gasteiger partial charge in [-0.05, 0) is 32.2 Å². The molecule has 5 nitrogen and oxygen atoms in total. The summed E-state index contributed by atoms with van der Waals surface area (Å²) in [4.78, 5) is 24.9. The van der Waals surface area contributed by atoms with Crippen molar-refractivity contribution >= 4 is 11.8 Å². The van der Waals surface area contributed by atoms with E-state index in [9.17, 15) is 9.59 Å². The minimum absolute atomic E-state index is 0.0710. The van der Waals surface area contributed by atoms with Crippen LogP contribution in [0.5, 0.6) is 0 Å². The number of hydrogen-bond acceptors (Lipinski definition) is 5. The van der Waals surface area contributed by atoms with Gasteiger partial charge in [0, 0.05) is 19.6 Å². The third-order valence-electron chi connectivity index (χ3n) is 3.17. The van der Waals surface area contributed by atoms with Crippen LogP contribution in [0.25, 0.3) is 0 Å². The second-order valence-corrected chi connectivity index (χ2v) is 4.77. The zero-order valence-electron chi connectivity index (χ0n) is 11.1. The highest BCUT2D eigenvalue weighted by molar-refractivity contribution is 5.84. The molecule has 0 bridgehead atoms. The van der Waals surface area contributed by atoms with Crippen LogP contribution in [0.3, 0.4) is 0 Å². The van der Waals surface area contributed by atoms with Crippen LogP contribution in [0.15, 0.2) is 0 Å². The third kappa shape index (κ3) is 5.60. The first kappa shape index (κ1) is 15.1. The van der Waals surface area contributed by atoms with Crippen molar-refractivity contribution in [3.8, 4) is 0 Å². The number of likely N-dealkylation sites (tertiary alicyclic amines) is 1. The molecule has 1 saturated heterocycles. The van der Waals surface area contributed by atoms with Crippen LogP contribution in [0, 0.1) is 5.92 Å². The van der Waals surface area contributed by atoms with Gasteiger partial charge in [-0.1, -0.05) is 0 Å². The summed E-state index contributed by atoms with van der Waals surface area (Å²) in [7, 11) is 0. The predicted octanol–water partition coefficient (Wildman–Crippen LogP) is 0.603. The standard InChI is InChI=1S/C13H23NO4/c1-2-18-13(17)6-5-12(16)9-14-7-3-4-11(8-14)10-15/h11,15H,2-10H2,1H3. The van der Waals surface area contributed by atoms with Gasteiger partial charge in [0.1, 0.15) is 5.78 Å². The van der Waals surface area contributed by atoms with Crippen LogP contribution >= 0.6 is 0 Å². The highest BCUT2D eigenvalue weighted by Crippen LogP contribution is 2.15. The van der Waals surface area contributed by atoms with Gasteiger partial charge in [-0.3, -0.25) is 14.5 Å². The number of aliphatic hydroxyl groups is 1. The first-order valence-electron chi connectivity index (χ1n) is 6.66. The van der Waals surface area contributed by atoms with Crippen LogP contribution in [0.2, 0.25) is 0 Å². The lowest BCUT2D eigenvalue weighted by atomic mass is 9.99. The quantitative estimate of drug-likeness (QED) is 0.677. The number of rotatable bonds is 7. The van der Waals surface area contributed by atoms with Gasteiger partial charge in [0.05, 0.1) is 19.6 Å². The van der Waals surface area contributed by atoms with Crippen molar-refractivity contribution in [2.75, 3.05) is 32.8 Å². The van der Waals surface area contributed by atoms with Crippen molar-refractivity contribution in [2.24, 2.45) is 5.92 Å². The fourth-order valence-corrected chi connectivity index (χ4v) is 2.25. The van der Waals surface area contributed by atoms with Crippen molar-refractivity contribution in [2.45, 2.75) is 32.6 Å². The summed E-state index contributed by atoms with van der Waals surface area (Å²) in [6.45, 7) is 4.37. The number of carbonyl (C=O) groups is 2. The van der Waals surface area contributed by atoms with Crippen molar-refractivity contribution < 1.29 is 19.4 Å². The molecule has 0 amide bonds. The Bertz CT molecular complexity index is 280. The molecule has 0 saturated carbocycles. The van der Waals surface area contributed by atoms with Crippen LogP contribution in [-0.4, -0.2) is 54.6 Å². The van der Waals surface area contributed by atoms with E-state index >= 15 is 0 Å². The molecule has 5 heteroatoms. The summed E-state index contributed by atoms with van der Waals surface area (Å²) < 4.78 is 4.78. The number of aliphatic hydroxyl groups excluding tert-OH is 1. The Hall–Kier alpha value is -0.940. The Morgan fingerprint density at radius 1 is 1.39 bits per heavy atom. The van der Waals surface area contributed by atoms with E-state index in [2.05, 4.69) is 4.90 Å². The normalized spacial score (nSPS) is 20.7. The zero-order chi connectivity index (χ0) is 13.4. The first-order chi connectivity index (χ1) is 8.65. The molecule has 1 fully saturated rings. The molecular weight excluding hydrogens is 234 g/mol. The van der Waals surface area contributed by atoms with Crippen molar-refractivity contribution in [3.05, 3.63) is 0 Å². The highest BCUT2D eigenvalue weighted by Gasteiger charge is 2.21. The number of ketones is 1. The molecule has 104 valence electrons. The van der Waals surface area contributed by atoms with Gasteiger partial charge in [-0.25, -0.2) is 0 Å². The van der Waals surface area contributed by atoms with Crippen LogP contribution in [0.4, 0.5) is 0 Å². The summed E-state index contributed by atoms with van der Waals surface area (Å²) in [5.74, 6) is 0.0518. The molecule has 1 aliphatic heterocycles. The van der Waals surface area contributed by atoms with Gasteiger partial charge in [0.15, 0.2) is 0 Å². The minimum atomic E-state index is -0.308. The zero-order valence-corrected chi connectivity index (χ0v) is 11.1. The van der Waals surface area contributed by atoms with E-state index in [1.807, 2.05) is 0 Å². The Morgan fingerprint density at radius 3 is 2.83 bits per heavy atom. The number of hydrogen-bond donors (Lipinski definition) is 1. The second kappa shape index (κ2) is 8.21. The molecule has 1 atom stereocenters. The van der Waals surface area contributed by atoms with Crippen molar-refractivity contribution in [3.63, 3.8) is 0 Å². The molecule has 0 aromatic heterocycles. The average molecular weight is 257 g/mol. The fourth-order valence-electron chi connectivity index (χ4n) is 2.25. The fraction of sp³-hybridized carbons (Fsp3) is 0.846. The molecule has 1 N–H and O–H groups in total. The van der Waals surface area contributed by atoms with Gasteiger partial charge in [0.2, 0.25) is 0 Å². The van der Waals surface area contributed by atoms with E-state index in [4.69, 9.17) is 9.84 Å². The average Bonchev–Trinajstić information content (AvgIpc) is 2.37. The van der Waals surface area contributed by atoms with E-state index in [-0.39, 0.29) is 37.1 Å². The SMILES string of the molecule is CCOC(=O)CCC(=O)CN1CCCC(CO)C1. The van der Waals surface area contributed by atoms with E-state index in [1.165, 1.54) is 0 Å². The monoisotopic (exact) mass is 257 g/mol. The predicted molar refractivity (Wildman–Crippen MR) is 67.1 cm³/mol. The maximum absolute atomic E-state index is 11.7. The van der Waals surface area contributed by atoms with Crippen molar-refractivity contribution in [1.82, 2.24) is 4.90 Å². The summed E-state index contributed by atoms with van der Waals surface area (Å²) in [6.07, 6.45) is 2.48. The lowest BCUT2D eigenvalue weighted by Gasteiger charge is -2.31. The van der Waals surface area contributed by atoms with Crippen LogP contribution in [0.1, 0.15) is 32.6 Å². The molecular formula is C13H23NO4. The Morgan fingerprint density at radius 2 is 2.17 bits per heavy atom. The van der Waals surface area contributed by atoms with Gasteiger partial charge < -0.3 is 9.84 Å². The lowest BCUT2D eigenvalue weighted by molar-refractivity contribution is -0.144. The molecule has 18 heavy (non-hydrogen) atoms. The maximum Gasteiger partial charge on any atom is 0.306 e. The van der Waals surface area contributed by atoms with Gasteiger partial charge in [0.25, 0.3) is 0 Å². The number of carbonyl (C=O) groups excluding carboxylic acids is 2. The number of esters is 1. The third-order valence-corrected chi connectivity index (χ3v) is 3.17. The molecule has 0 aromatic rings. The smallest absolute Gasteiger partial charge is 0.306 e. The molecule has 0 aromatic carbocycles. The summed E-state index contributed by atoms with van der Waals surface area (Å²) in [5.41, 5.74) is 0. The Kier molecular flexibility index (Phi) is 6.90. The molecule has 1 aliphatic rings. The summed E-state index contributed by atoms with van der Waals surface area (Å²) >= 11 is 0. The van der Waals surface area contributed by atoms with Gasteiger partial charge >= 0.3 is 5.97 Å². The van der Waals surface area contributed by atoms with Gasteiger partial charge in [-0.15, -0.1) is 0 Å². The molecule has 0 aliphatic carbocycles. The molecule has 1 heterocycles. The maximum atomic E-state index is 11.7. The molecule has 1 rings (SSSR count). The number of piperidine rings is 1. The summed E-state index contributed by atoms with van der Waals surface area (Å²) in [6, 6.07) is 0. The Balaban J connectivity index is 2.21. The molecule has 1 unspecified atom stereocenters. The number of ether oxygens (including phenoxy) is 1. The summed E-state index contributed by atoms with van der Waals surface area (Å²) in [5, 5.41) is 9.11. The second-order valence-electron chi connectivity index (χ2n) is 4.77. The topological polar surface area (TPSA) is 66.8 Å². The van der Waals surface area contributed by atoms with E-state index in [0.29, 0.717) is 13.2 Å². The largest absolute Gasteiger partial charge is 0.466 e. The van der Waals surface area contributed by atoms with E-state index in [1.54, 1.807) is 6.92 Å². The lowest BCUT2D eigenvalue weighted by Crippen LogP contribution is -2.39. The first-order valence-corrected chi connectivity index (χ1v) is 6.66.